The van der Waals surface area contributed by atoms with E-state index in [0.717, 1.165) is 0 Å². The number of hydrogen-bond donors (Lipinski definition) is 1. The number of ether oxygens (including phenoxy) is 1. The van der Waals surface area contributed by atoms with Gasteiger partial charge in [0.15, 0.2) is 16.6 Å². The molecule has 0 saturated heterocycles. The van der Waals surface area contributed by atoms with Gasteiger partial charge >= 0.3 is 0 Å². The molecule has 0 heterocycles. The molecule has 1 N–H and O–H groups in total. The van der Waals surface area contributed by atoms with Crippen molar-refractivity contribution in [2.24, 2.45) is 10.8 Å². The first-order valence-corrected chi connectivity index (χ1v) is 7.58. The number of aliphatic hydroxyl groups excluding tert-OH is 1. The Hall–Kier alpha value is -3.81. The summed E-state index contributed by atoms with van der Waals surface area (Å²) in [4.78, 5) is 12.2. The van der Waals surface area contributed by atoms with E-state index in [1.807, 2.05) is 12.1 Å². The number of ketones is 1. The van der Waals surface area contributed by atoms with Crippen molar-refractivity contribution in [2.45, 2.75) is 19.3 Å². The molecular formula is C19H14N4O3. The van der Waals surface area contributed by atoms with Crippen LogP contribution in [-0.4, -0.2) is 18.0 Å². The van der Waals surface area contributed by atoms with Crippen molar-refractivity contribution in [1.29, 1.82) is 21.0 Å². The minimum Gasteiger partial charge on any atom is -0.512 e. The van der Waals surface area contributed by atoms with Gasteiger partial charge in [0, 0.05) is 12.0 Å². The number of hydrogen-bond acceptors (Lipinski definition) is 7. The summed E-state index contributed by atoms with van der Waals surface area (Å²) in [5.41, 5.74) is -4.08. The molecule has 0 spiro atoms. The van der Waals surface area contributed by atoms with Gasteiger partial charge in [0.1, 0.15) is 11.5 Å². The normalized spacial score (nSPS) is 20.0. The molecule has 1 aromatic carbocycles. The number of nitrogens with zero attached hydrogens (tertiary/aromatic N) is 4. The third-order valence-electron chi connectivity index (χ3n) is 4.70. The van der Waals surface area contributed by atoms with Crippen molar-refractivity contribution < 1.29 is 14.6 Å². The first-order valence-electron chi connectivity index (χ1n) is 7.58. The van der Waals surface area contributed by atoms with E-state index in [-0.39, 0.29) is 5.57 Å². The summed E-state index contributed by atoms with van der Waals surface area (Å²) in [5.74, 6) is -1.74. The van der Waals surface area contributed by atoms with Gasteiger partial charge in [-0.15, -0.1) is 0 Å². The summed E-state index contributed by atoms with van der Waals surface area (Å²) in [6, 6.07) is 13.3. The Morgan fingerprint density at radius 1 is 1.12 bits per heavy atom. The molecular weight excluding hydrogens is 332 g/mol. The number of methoxy groups -OCH3 is 1. The average Bonchev–Trinajstić information content (AvgIpc) is 2.66. The third kappa shape index (κ3) is 2.35. The molecule has 0 aromatic heterocycles. The van der Waals surface area contributed by atoms with Gasteiger partial charge in [-0.1, -0.05) is 12.1 Å². The van der Waals surface area contributed by atoms with E-state index >= 15 is 0 Å². The second kappa shape index (κ2) is 6.60. The van der Waals surface area contributed by atoms with Crippen LogP contribution in [0.15, 0.2) is 35.6 Å². The maximum Gasteiger partial charge on any atom is 0.186 e. The minimum absolute atomic E-state index is 0.139. The topological polar surface area (TPSA) is 142 Å². The number of aliphatic hydroxyl groups is 1. The highest BCUT2D eigenvalue weighted by molar-refractivity contribution is 5.96. The largest absolute Gasteiger partial charge is 0.512 e. The van der Waals surface area contributed by atoms with Crippen LogP contribution in [0.2, 0.25) is 0 Å². The van der Waals surface area contributed by atoms with Gasteiger partial charge in [-0.25, -0.2) is 0 Å². The average molecular weight is 346 g/mol. The zero-order valence-corrected chi connectivity index (χ0v) is 14.1. The van der Waals surface area contributed by atoms with Gasteiger partial charge in [-0.2, -0.15) is 21.0 Å². The highest BCUT2D eigenvalue weighted by Crippen LogP contribution is 2.58. The number of carbonyl (C=O) groups excluding carboxylic acids is 1. The van der Waals surface area contributed by atoms with E-state index in [2.05, 4.69) is 0 Å². The van der Waals surface area contributed by atoms with Crippen molar-refractivity contribution in [1.82, 2.24) is 0 Å². The van der Waals surface area contributed by atoms with Crippen molar-refractivity contribution in [3.8, 4) is 30.0 Å². The zero-order chi connectivity index (χ0) is 19.5. The second-order valence-electron chi connectivity index (χ2n) is 5.96. The number of nitriles is 4. The second-order valence-corrected chi connectivity index (χ2v) is 5.96. The van der Waals surface area contributed by atoms with Gasteiger partial charge in [0.2, 0.25) is 0 Å². The number of Topliss-reactive ketones (excluding diaryl/α,β-unsaturated/α-hetero) is 1. The van der Waals surface area contributed by atoms with E-state index in [4.69, 9.17) is 4.74 Å². The molecule has 0 bridgehead atoms. The molecule has 0 fully saturated rings. The maximum absolute atomic E-state index is 12.2. The molecule has 0 saturated carbocycles. The molecule has 0 radical (unpaired) electrons. The zero-order valence-electron chi connectivity index (χ0n) is 14.1. The molecule has 26 heavy (non-hydrogen) atoms. The molecule has 1 aliphatic carbocycles. The van der Waals surface area contributed by atoms with Gasteiger partial charge in [-0.3, -0.25) is 4.79 Å². The van der Waals surface area contributed by atoms with Gasteiger partial charge in [0.25, 0.3) is 0 Å². The Balaban J connectivity index is 2.92. The first-order chi connectivity index (χ1) is 12.4. The summed E-state index contributed by atoms with van der Waals surface area (Å²) >= 11 is 0. The van der Waals surface area contributed by atoms with Gasteiger partial charge in [-0.05, 0) is 24.6 Å². The number of benzene rings is 1. The lowest BCUT2D eigenvalue weighted by atomic mass is 9.51. The fourth-order valence-electron chi connectivity index (χ4n) is 3.36. The quantitative estimate of drug-likeness (QED) is 0.886. The van der Waals surface area contributed by atoms with Crippen molar-refractivity contribution in [2.75, 3.05) is 7.11 Å². The molecule has 2 rings (SSSR count). The maximum atomic E-state index is 12.2. The monoisotopic (exact) mass is 346 g/mol. The number of carbonyl (C=O) groups is 1. The number of allylic oxidation sites excluding steroid dienone is 2. The molecule has 1 aliphatic rings. The summed E-state index contributed by atoms with van der Waals surface area (Å²) < 4.78 is 5.08. The fraction of sp³-hybridized carbons (Fsp3) is 0.316. The van der Waals surface area contributed by atoms with Crippen LogP contribution in [0.5, 0.6) is 5.75 Å². The van der Waals surface area contributed by atoms with E-state index in [0.29, 0.717) is 11.3 Å². The first kappa shape index (κ1) is 18.5. The summed E-state index contributed by atoms with van der Waals surface area (Å²) in [7, 11) is 1.47. The van der Waals surface area contributed by atoms with Crippen molar-refractivity contribution in [3.05, 3.63) is 41.2 Å². The minimum atomic E-state index is -2.17. The molecule has 7 heteroatoms. The highest BCUT2D eigenvalue weighted by atomic mass is 16.5. The molecule has 1 atom stereocenters. The van der Waals surface area contributed by atoms with Crippen molar-refractivity contribution in [3.63, 3.8) is 0 Å². The standard InChI is InChI=1S/C19H14N4O3/c1-12(24)16-15(25)7-18(8-20,9-21)19(10-22,11-23)17(16)13-3-5-14(26-2)6-4-13/h3-6,17,25H,7H2,1-2H3. The molecule has 7 nitrogen and oxygen atoms in total. The van der Waals surface area contributed by atoms with Crippen LogP contribution < -0.4 is 4.74 Å². The van der Waals surface area contributed by atoms with Crippen molar-refractivity contribution >= 4 is 5.78 Å². The molecule has 0 amide bonds. The van der Waals surface area contributed by atoms with Gasteiger partial charge in [0.05, 0.1) is 37.3 Å². The molecule has 1 unspecified atom stereocenters. The van der Waals surface area contributed by atoms with E-state index in [9.17, 15) is 30.9 Å². The lowest BCUT2D eigenvalue weighted by Gasteiger charge is -2.42. The summed E-state index contributed by atoms with van der Waals surface area (Å²) in [6.45, 7) is 1.20. The Kier molecular flexibility index (Phi) is 4.70. The summed E-state index contributed by atoms with van der Waals surface area (Å²) in [5, 5.41) is 49.3. The fourth-order valence-corrected chi connectivity index (χ4v) is 3.36. The Morgan fingerprint density at radius 2 is 1.65 bits per heavy atom. The lowest BCUT2D eigenvalue weighted by Crippen LogP contribution is -2.48. The van der Waals surface area contributed by atoms with Crippen LogP contribution in [0.4, 0.5) is 0 Å². The summed E-state index contributed by atoms with van der Waals surface area (Å²) in [6.07, 6.45) is -0.567. The van der Waals surface area contributed by atoms with Crippen LogP contribution in [0, 0.1) is 56.2 Å². The highest BCUT2D eigenvalue weighted by Gasteiger charge is 2.64. The third-order valence-corrected chi connectivity index (χ3v) is 4.70. The molecule has 1 aromatic rings. The van der Waals surface area contributed by atoms with E-state index in [1.54, 1.807) is 24.3 Å². The van der Waals surface area contributed by atoms with Crippen LogP contribution in [0.3, 0.4) is 0 Å². The van der Waals surface area contributed by atoms with E-state index < -0.39 is 34.7 Å². The smallest absolute Gasteiger partial charge is 0.186 e. The number of rotatable bonds is 3. The molecule has 0 aliphatic heterocycles. The lowest BCUT2D eigenvalue weighted by molar-refractivity contribution is -0.114. The van der Waals surface area contributed by atoms with Crippen LogP contribution >= 0.6 is 0 Å². The van der Waals surface area contributed by atoms with Crippen LogP contribution in [0.1, 0.15) is 24.8 Å². The van der Waals surface area contributed by atoms with Crippen LogP contribution in [-0.2, 0) is 4.79 Å². The Labute approximate surface area is 150 Å². The SMILES string of the molecule is COc1ccc(C2C(C(C)=O)=C(O)CC(C#N)(C#N)C2(C#N)C#N)cc1. The van der Waals surface area contributed by atoms with Gasteiger partial charge < -0.3 is 9.84 Å². The Morgan fingerprint density at radius 3 is 2.04 bits per heavy atom. The molecule has 128 valence electrons. The predicted molar refractivity (Wildman–Crippen MR) is 88.0 cm³/mol. The van der Waals surface area contributed by atoms with Crippen LogP contribution in [0.25, 0.3) is 0 Å². The Bertz CT molecular complexity index is 921. The predicted octanol–water partition coefficient (Wildman–Crippen LogP) is 2.65. The van der Waals surface area contributed by atoms with E-state index in [1.165, 1.54) is 26.2 Å².